The van der Waals surface area contributed by atoms with Crippen LogP contribution >= 0.6 is 27.3 Å². The number of esters is 2. The minimum Gasteiger partial charge on any atom is -0.493 e. The highest BCUT2D eigenvalue weighted by atomic mass is 79.9. The maximum absolute atomic E-state index is 14.0. The summed E-state index contributed by atoms with van der Waals surface area (Å²) >= 11 is 4.69. The van der Waals surface area contributed by atoms with Gasteiger partial charge in [-0.05, 0) is 92.0 Å². The topological polar surface area (TPSA) is 115 Å². The zero-order valence-corrected chi connectivity index (χ0v) is 27.2. The second-order valence-corrected chi connectivity index (χ2v) is 11.5. The Morgan fingerprint density at radius 2 is 1.79 bits per heavy atom. The molecule has 0 unspecified atom stereocenters. The third-order valence-corrected chi connectivity index (χ3v) is 7.89. The number of carbonyl (C=O) groups excluding carboxylic acids is 2. The van der Waals surface area contributed by atoms with E-state index in [1.807, 2.05) is 19.9 Å². The zero-order chi connectivity index (χ0) is 31.3. The van der Waals surface area contributed by atoms with Gasteiger partial charge in [-0.2, -0.15) is 0 Å². The molecule has 0 saturated carbocycles. The number of halogens is 1. The first kappa shape index (κ1) is 32.0. The molecule has 0 bridgehead atoms. The SMILES string of the molecule is CCOC(=O)COc1ccc(/C=c2\sc3n(c2=O)[C@@H](c2ccc(OC(C)C)c(OC)c2)C(C(=O)OCC)=C(C)N=3)cc1Br. The molecule has 1 aromatic heterocycles. The van der Waals surface area contributed by atoms with Gasteiger partial charge in [0.25, 0.3) is 5.56 Å². The average Bonchev–Trinajstić information content (AvgIpc) is 3.25. The Bertz CT molecular complexity index is 1740. The lowest BCUT2D eigenvalue weighted by Crippen LogP contribution is -2.40. The summed E-state index contributed by atoms with van der Waals surface area (Å²) in [5.74, 6) is 0.465. The quantitative estimate of drug-likeness (QED) is 0.277. The van der Waals surface area contributed by atoms with Crippen LogP contribution in [0.3, 0.4) is 0 Å². The highest BCUT2D eigenvalue weighted by Gasteiger charge is 2.34. The summed E-state index contributed by atoms with van der Waals surface area (Å²) in [6.45, 7) is 9.24. The Morgan fingerprint density at radius 1 is 1.07 bits per heavy atom. The molecule has 0 amide bonds. The second-order valence-electron chi connectivity index (χ2n) is 9.66. The van der Waals surface area contributed by atoms with Crippen molar-refractivity contribution in [2.24, 2.45) is 4.99 Å². The number of hydrogen-bond donors (Lipinski definition) is 0. The number of nitrogens with zero attached hydrogens (tertiary/aromatic N) is 2. The Hall–Kier alpha value is -3.90. The molecule has 2 heterocycles. The monoisotopic (exact) mass is 672 g/mol. The van der Waals surface area contributed by atoms with Crippen LogP contribution in [0.2, 0.25) is 0 Å². The average molecular weight is 674 g/mol. The van der Waals surface area contributed by atoms with Crippen molar-refractivity contribution in [3.05, 3.63) is 83.0 Å². The van der Waals surface area contributed by atoms with Gasteiger partial charge in [-0.15, -0.1) is 0 Å². The molecule has 1 aliphatic rings. The summed E-state index contributed by atoms with van der Waals surface area (Å²) in [5.41, 5.74) is 1.78. The molecule has 4 rings (SSSR count). The van der Waals surface area contributed by atoms with Crippen LogP contribution in [0, 0.1) is 0 Å². The zero-order valence-electron chi connectivity index (χ0n) is 24.8. The molecule has 12 heteroatoms. The predicted molar refractivity (Wildman–Crippen MR) is 165 cm³/mol. The van der Waals surface area contributed by atoms with Gasteiger partial charge in [-0.3, -0.25) is 9.36 Å². The van der Waals surface area contributed by atoms with E-state index >= 15 is 0 Å². The van der Waals surface area contributed by atoms with Crippen LogP contribution in [0.5, 0.6) is 17.2 Å². The normalized spacial score (nSPS) is 14.7. The van der Waals surface area contributed by atoms with Crippen molar-refractivity contribution in [3.63, 3.8) is 0 Å². The summed E-state index contributed by atoms with van der Waals surface area (Å²) in [4.78, 5) is 43.9. The van der Waals surface area contributed by atoms with Gasteiger partial charge in [0.2, 0.25) is 0 Å². The van der Waals surface area contributed by atoms with Crippen LogP contribution in [0.4, 0.5) is 0 Å². The van der Waals surface area contributed by atoms with Gasteiger partial charge < -0.3 is 23.7 Å². The minimum absolute atomic E-state index is 0.0760. The molecule has 0 spiro atoms. The lowest BCUT2D eigenvalue weighted by atomic mass is 9.95. The van der Waals surface area contributed by atoms with Crippen LogP contribution in [-0.2, 0) is 19.1 Å². The van der Waals surface area contributed by atoms with Crippen molar-refractivity contribution in [2.75, 3.05) is 26.9 Å². The van der Waals surface area contributed by atoms with E-state index in [1.165, 1.54) is 23.0 Å². The van der Waals surface area contributed by atoms with Crippen molar-refractivity contribution in [1.29, 1.82) is 0 Å². The third-order valence-electron chi connectivity index (χ3n) is 6.29. The van der Waals surface area contributed by atoms with E-state index in [4.69, 9.17) is 23.7 Å². The van der Waals surface area contributed by atoms with E-state index in [2.05, 4.69) is 20.9 Å². The first-order chi connectivity index (χ1) is 20.6. The van der Waals surface area contributed by atoms with Gasteiger partial charge in [0, 0.05) is 0 Å². The maximum Gasteiger partial charge on any atom is 0.344 e. The first-order valence-electron chi connectivity index (χ1n) is 13.7. The van der Waals surface area contributed by atoms with E-state index in [9.17, 15) is 14.4 Å². The number of allylic oxidation sites excluding steroid dienone is 1. The molecule has 1 aliphatic heterocycles. The lowest BCUT2D eigenvalue weighted by molar-refractivity contribution is -0.145. The molecule has 228 valence electrons. The van der Waals surface area contributed by atoms with Gasteiger partial charge in [0.1, 0.15) is 5.75 Å². The number of fused-ring (bicyclic) bond motifs is 1. The molecule has 0 aliphatic carbocycles. The second kappa shape index (κ2) is 14.0. The molecule has 0 radical (unpaired) electrons. The number of ether oxygens (including phenoxy) is 5. The third kappa shape index (κ3) is 7.19. The maximum atomic E-state index is 14.0. The number of hydrogen-bond acceptors (Lipinski definition) is 10. The van der Waals surface area contributed by atoms with Crippen LogP contribution < -0.4 is 29.1 Å². The highest BCUT2D eigenvalue weighted by molar-refractivity contribution is 9.10. The largest absolute Gasteiger partial charge is 0.493 e. The number of thiazole rings is 1. The molecule has 3 aromatic rings. The molecule has 0 saturated heterocycles. The van der Waals surface area contributed by atoms with Crippen molar-refractivity contribution in [3.8, 4) is 17.2 Å². The predicted octanol–water partition coefficient (Wildman–Crippen LogP) is 4.30. The fourth-order valence-electron chi connectivity index (χ4n) is 4.53. The van der Waals surface area contributed by atoms with E-state index in [0.717, 1.165) is 5.56 Å². The van der Waals surface area contributed by atoms with E-state index in [-0.39, 0.29) is 37.1 Å². The summed E-state index contributed by atoms with van der Waals surface area (Å²) in [6.07, 6.45) is 1.66. The van der Waals surface area contributed by atoms with Crippen LogP contribution in [-0.4, -0.2) is 49.5 Å². The van der Waals surface area contributed by atoms with Gasteiger partial charge in [-0.1, -0.05) is 23.5 Å². The fraction of sp³-hybridized carbons (Fsp3) is 0.355. The summed E-state index contributed by atoms with van der Waals surface area (Å²) in [7, 11) is 1.54. The molecule has 43 heavy (non-hydrogen) atoms. The molecular weight excluding hydrogens is 640 g/mol. The highest BCUT2D eigenvalue weighted by Crippen LogP contribution is 2.36. The van der Waals surface area contributed by atoms with Gasteiger partial charge >= 0.3 is 11.9 Å². The van der Waals surface area contributed by atoms with Gasteiger partial charge in [-0.25, -0.2) is 14.6 Å². The van der Waals surface area contributed by atoms with Crippen molar-refractivity contribution in [1.82, 2.24) is 4.57 Å². The number of benzene rings is 2. The molecule has 10 nitrogen and oxygen atoms in total. The molecule has 0 fully saturated rings. The molecule has 1 atom stereocenters. The van der Waals surface area contributed by atoms with Crippen molar-refractivity contribution >= 4 is 45.3 Å². The Labute approximate surface area is 261 Å². The molecule has 0 N–H and O–H groups in total. The summed E-state index contributed by atoms with van der Waals surface area (Å²) < 4.78 is 29.8. The van der Waals surface area contributed by atoms with E-state index in [0.29, 0.717) is 42.3 Å². The Kier molecular flexibility index (Phi) is 10.5. The fourth-order valence-corrected chi connectivity index (χ4v) is 6.08. The summed E-state index contributed by atoms with van der Waals surface area (Å²) in [5, 5.41) is 0. The smallest absolute Gasteiger partial charge is 0.344 e. The lowest BCUT2D eigenvalue weighted by Gasteiger charge is -2.25. The van der Waals surface area contributed by atoms with Crippen molar-refractivity contribution < 1.29 is 33.3 Å². The Balaban J connectivity index is 1.80. The van der Waals surface area contributed by atoms with Gasteiger partial charge in [0.05, 0.1) is 52.7 Å². The molecule has 2 aromatic carbocycles. The minimum atomic E-state index is -0.801. The standard InChI is InChI=1S/C31H33BrN2O8S/c1-7-39-26(35)16-41-22-11-9-19(13-21(22)32)14-25-29(36)34-28(20-10-12-23(42-17(3)4)24(15-20)38-6)27(30(37)40-8-2)18(5)33-31(34)43-25/h9-15,17,28H,7-8,16H2,1-6H3/b25-14-/t28-/m0/s1. The number of rotatable bonds is 11. The van der Waals surface area contributed by atoms with Crippen LogP contribution in [0.25, 0.3) is 6.08 Å². The van der Waals surface area contributed by atoms with Crippen LogP contribution in [0.1, 0.15) is 51.8 Å². The van der Waals surface area contributed by atoms with Crippen molar-refractivity contribution in [2.45, 2.75) is 46.8 Å². The van der Waals surface area contributed by atoms with Crippen LogP contribution in [0.15, 0.2) is 61.9 Å². The first-order valence-corrected chi connectivity index (χ1v) is 15.3. The molecular formula is C31H33BrN2O8S. The Morgan fingerprint density at radius 3 is 2.44 bits per heavy atom. The van der Waals surface area contributed by atoms with E-state index < -0.39 is 18.0 Å². The number of aromatic nitrogens is 1. The number of carbonyl (C=O) groups is 2. The van der Waals surface area contributed by atoms with Gasteiger partial charge in [0.15, 0.2) is 22.9 Å². The summed E-state index contributed by atoms with van der Waals surface area (Å²) in [6, 6.07) is 9.80. The number of methoxy groups -OCH3 is 1. The van der Waals surface area contributed by atoms with E-state index in [1.54, 1.807) is 57.2 Å².